The zero-order valence-corrected chi connectivity index (χ0v) is 15.7. The molecule has 1 aliphatic heterocycles. The maximum Gasteiger partial charge on any atom is 0.268 e. The fourth-order valence-corrected chi connectivity index (χ4v) is 3.12. The van der Waals surface area contributed by atoms with Crippen LogP contribution in [0.3, 0.4) is 0 Å². The Kier molecular flexibility index (Phi) is 5.69. The van der Waals surface area contributed by atoms with Gasteiger partial charge in [0.2, 0.25) is 5.91 Å². The van der Waals surface area contributed by atoms with Crippen LogP contribution in [0.1, 0.15) is 18.9 Å². The Morgan fingerprint density at radius 1 is 1.23 bits per heavy atom. The number of fused-ring (bicyclic) bond motifs is 1. The number of ether oxygens (including phenoxy) is 1. The van der Waals surface area contributed by atoms with Gasteiger partial charge in [-0.2, -0.15) is 0 Å². The number of anilines is 1. The molecule has 2 amide bonds. The van der Waals surface area contributed by atoms with Gasteiger partial charge in [0.1, 0.15) is 12.3 Å². The summed E-state index contributed by atoms with van der Waals surface area (Å²) in [6.07, 6.45) is -0.0985. The van der Waals surface area contributed by atoms with Crippen molar-refractivity contribution in [1.82, 2.24) is 5.32 Å². The van der Waals surface area contributed by atoms with Crippen LogP contribution in [0.2, 0.25) is 10.0 Å². The molecule has 2 aromatic carbocycles. The molecular formula is C19H18Cl2N2O3. The molecule has 5 nitrogen and oxygen atoms in total. The van der Waals surface area contributed by atoms with Crippen molar-refractivity contribution < 1.29 is 14.3 Å². The van der Waals surface area contributed by atoms with E-state index in [1.54, 1.807) is 24.3 Å². The monoisotopic (exact) mass is 392 g/mol. The molecule has 136 valence electrons. The Hall–Kier alpha value is -2.24. The molecule has 0 saturated carbocycles. The number of nitrogens with one attached hydrogen (secondary N) is 1. The van der Waals surface area contributed by atoms with Crippen LogP contribution in [-0.2, 0) is 16.1 Å². The summed E-state index contributed by atoms with van der Waals surface area (Å²) < 4.78 is 5.71. The molecule has 3 rings (SSSR count). The van der Waals surface area contributed by atoms with Gasteiger partial charge in [0.05, 0.1) is 5.69 Å². The maximum absolute atomic E-state index is 12.7. The summed E-state index contributed by atoms with van der Waals surface area (Å²) in [7, 11) is 0. The lowest BCUT2D eigenvalue weighted by Crippen LogP contribution is -2.49. The van der Waals surface area contributed by atoms with Crippen molar-refractivity contribution in [3.8, 4) is 5.75 Å². The first-order valence-electron chi connectivity index (χ1n) is 8.27. The molecule has 0 spiro atoms. The van der Waals surface area contributed by atoms with E-state index in [0.717, 1.165) is 5.56 Å². The molecule has 0 aromatic heterocycles. The van der Waals surface area contributed by atoms with E-state index in [2.05, 4.69) is 5.32 Å². The van der Waals surface area contributed by atoms with Crippen molar-refractivity contribution in [2.75, 3.05) is 11.4 Å². The number of halogens is 2. The van der Waals surface area contributed by atoms with Crippen LogP contribution in [0.4, 0.5) is 5.69 Å². The summed E-state index contributed by atoms with van der Waals surface area (Å²) in [6, 6.07) is 12.3. The SMILES string of the molecule is CC[C@@H]1Oc2ccc(Cl)cc2N(CC(=O)NCc2ccccc2Cl)C1=O. The number of carbonyl (C=O) groups excluding carboxylic acids is 2. The van der Waals surface area contributed by atoms with E-state index in [0.29, 0.717) is 27.9 Å². The summed E-state index contributed by atoms with van der Waals surface area (Å²) in [5.41, 5.74) is 1.31. The van der Waals surface area contributed by atoms with Crippen LogP contribution < -0.4 is 15.0 Å². The molecule has 7 heteroatoms. The average molecular weight is 393 g/mol. The molecular weight excluding hydrogens is 375 g/mol. The van der Waals surface area contributed by atoms with Gasteiger partial charge in [-0.15, -0.1) is 0 Å². The second-order valence-electron chi connectivity index (χ2n) is 5.92. The van der Waals surface area contributed by atoms with Crippen LogP contribution >= 0.6 is 23.2 Å². The number of hydrogen-bond acceptors (Lipinski definition) is 3. The van der Waals surface area contributed by atoms with Crippen molar-refractivity contribution in [1.29, 1.82) is 0 Å². The van der Waals surface area contributed by atoms with Crippen LogP contribution in [0.5, 0.6) is 5.75 Å². The van der Waals surface area contributed by atoms with Gasteiger partial charge in [-0.05, 0) is 36.2 Å². The summed E-state index contributed by atoms with van der Waals surface area (Å²) in [4.78, 5) is 26.5. The number of hydrogen-bond donors (Lipinski definition) is 1. The van der Waals surface area contributed by atoms with Crippen LogP contribution in [0.25, 0.3) is 0 Å². The van der Waals surface area contributed by atoms with Crippen molar-refractivity contribution in [3.63, 3.8) is 0 Å². The van der Waals surface area contributed by atoms with Gasteiger partial charge < -0.3 is 10.1 Å². The topological polar surface area (TPSA) is 58.6 Å². The third-order valence-corrected chi connectivity index (χ3v) is 4.73. The van der Waals surface area contributed by atoms with Gasteiger partial charge in [0, 0.05) is 16.6 Å². The first-order chi connectivity index (χ1) is 12.5. The zero-order chi connectivity index (χ0) is 18.7. The highest BCUT2D eigenvalue weighted by molar-refractivity contribution is 6.31. The van der Waals surface area contributed by atoms with Crippen LogP contribution in [0.15, 0.2) is 42.5 Å². The second-order valence-corrected chi connectivity index (χ2v) is 6.76. The minimum atomic E-state index is -0.611. The van der Waals surface area contributed by atoms with Crippen molar-refractivity contribution in [2.45, 2.75) is 26.0 Å². The molecule has 1 heterocycles. The Morgan fingerprint density at radius 3 is 2.73 bits per heavy atom. The quantitative estimate of drug-likeness (QED) is 0.841. The van der Waals surface area contributed by atoms with Gasteiger partial charge in [-0.3, -0.25) is 14.5 Å². The molecule has 0 unspecified atom stereocenters. The van der Waals surface area contributed by atoms with Gasteiger partial charge in [0.15, 0.2) is 6.10 Å². The molecule has 1 aliphatic rings. The number of rotatable bonds is 5. The van der Waals surface area contributed by atoms with E-state index in [4.69, 9.17) is 27.9 Å². The molecule has 0 radical (unpaired) electrons. The molecule has 0 aliphatic carbocycles. The van der Waals surface area contributed by atoms with Crippen LogP contribution in [0, 0.1) is 0 Å². The van der Waals surface area contributed by atoms with E-state index in [-0.39, 0.29) is 24.9 Å². The van der Waals surface area contributed by atoms with Gasteiger partial charge in [0.25, 0.3) is 5.91 Å². The average Bonchev–Trinajstić information content (AvgIpc) is 2.63. The molecule has 0 saturated heterocycles. The minimum Gasteiger partial charge on any atom is -0.478 e. The summed E-state index contributed by atoms with van der Waals surface area (Å²) in [5.74, 6) is -0.00383. The third-order valence-electron chi connectivity index (χ3n) is 4.13. The van der Waals surface area contributed by atoms with Crippen LogP contribution in [-0.4, -0.2) is 24.5 Å². The standard InChI is InChI=1S/C19H18Cl2N2O3/c1-2-16-19(25)23(15-9-13(20)7-8-17(15)26-16)11-18(24)22-10-12-5-3-4-6-14(12)21/h3-9,16H,2,10-11H2,1H3,(H,22,24)/t16-/m0/s1. The lowest BCUT2D eigenvalue weighted by molar-refractivity contribution is -0.129. The highest BCUT2D eigenvalue weighted by Gasteiger charge is 2.34. The molecule has 1 N–H and O–H groups in total. The number of benzene rings is 2. The first-order valence-corrected chi connectivity index (χ1v) is 9.03. The Bertz CT molecular complexity index is 841. The largest absolute Gasteiger partial charge is 0.478 e. The van der Waals surface area contributed by atoms with Gasteiger partial charge in [-0.25, -0.2) is 0 Å². The minimum absolute atomic E-state index is 0.115. The predicted octanol–water partition coefficient (Wildman–Crippen LogP) is 3.81. The fraction of sp³-hybridized carbons (Fsp3) is 0.263. The number of amides is 2. The first kappa shape index (κ1) is 18.5. The number of nitrogens with zero attached hydrogens (tertiary/aromatic N) is 1. The Morgan fingerprint density at radius 2 is 2.00 bits per heavy atom. The Balaban J connectivity index is 1.75. The highest BCUT2D eigenvalue weighted by Crippen LogP contribution is 2.36. The molecule has 1 atom stereocenters. The molecule has 0 bridgehead atoms. The van der Waals surface area contributed by atoms with Crippen molar-refractivity contribution in [2.24, 2.45) is 0 Å². The summed E-state index contributed by atoms with van der Waals surface area (Å²) in [5, 5.41) is 3.85. The lowest BCUT2D eigenvalue weighted by atomic mass is 10.1. The normalized spacial score (nSPS) is 16.0. The van der Waals surface area contributed by atoms with Gasteiger partial charge in [-0.1, -0.05) is 48.3 Å². The maximum atomic E-state index is 12.7. The second kappa shape index (κ2) is 7.98. The zero-order valence-electron chi connectivity index (χ0n) is 14.2. The summed E-state index contributed by atoms with van der Waals surface area (Å²) in [6.45, 7) is 2.03. The summed E-state index contributed by atoms with van der Waals surface area (Å²) >= 11 is 12.1. The third kappa shape index (κ3) is 3.94. The number of carbonyl (C=O) groups is 2. The highest BCUT2D eigenvalue weighted by atomic mass is 35.5. The van der Waals surface area contributed by atoms with Crippen molar-refractivity contribution >= 4 is 40.7 Å². The lowest BCUT2D eigenvalue weighted by Gasteiger charge is -2.33. The molecule has 2 aromatic rings. The smallest absolute Gasteiger partial charge is 0.268 e. The van der Waals surface area contributed by atoms with E-state index >= 15 is 0 Å². The molecule has 26 heavy (non-hydrogen) atoms. The fourth-order valence-electron chi connectivity index (χ4n) is 2.75. The molecule has 0 fully saturated rings. The van der Waals surface area contributed by atoms with E-state index in [1.807, 2.05) is 25.1 Å². The van der Waals surface area contributed by atoms with Gasteiger partial charge >= 0.3 is 0 Å². The van der Waals surface area contributed by atoms with Crippen molar-refractivity contribution in [3.05, 3.63) is 58.1 Å². The predicted molar refractivity (Wildman–Crippen MR) is 102 cm³/mol. The van der Waals surface area contributed by atoms with E-state index < -0.39 is 6.10 Å². The Labute approximate surface area is 161 Å². The van der Waals surface area contributed by atoms with E-state index in [9.17, 15) is 9.59 Å². The van der Waals surface area contributed by atoms with E-state index in [1.165, 1.54) is 4.90 Å².